The summed E-state index contributed by atoms with van der Waals surface area (Å²) in [6, 6.07) is 11.1. The van der Waals surface area contributed by atoms with Gasteiger partial charge in [-0.05, 0) is 85.1 Å². The van der Waals surface area contributed by atoms with Crippen molar-refractivity contribution in [2.24, 2.45) is 0 Å². The quantitative estimate of drug-likeness (QED) is 0.155. The fraction of sp³-hybridized carbons (Fsp3) is 0.242. The number of nitrogens with one attached hydrogen (secondary N) is 1. The summed E-state index contributed by atoms with van der Waals surface area (Å²) >= 11 is 0. The van der Waals surface area contributed by atoms with E-state index in [0.29, 0.717) is 30.3 Å². The van der Waals surface area contributed by atoms with Gasteiger partial charge in [-0.25, -0.2) is 13.2 Å². The summed E-state index contributed by atoms with van der Waals surface area (Å²) in [5, 5.41) is 12.3. The minimum atomic E-state index is -5.23. The Hall–Kier alpha value is -4.95. The van der Waals surface area contributed by atoms with Gasteiger partial charge >= 0.3 is 18.7 Å². The molecule has 0 saturated carbocycles. The average molecular weight is 690 g/mol. The zero-order valence-corrected chi connectivity index (χ0v) is 24.8. The fourth-order valence-electron chi connectivity index (χ4n) is 4.81. The first kappa shape index (κ1) is 35.9. The molecule has 2 N–H and O–H groups in total. The van der Waals surface area contributed by atoms with Gasteiger partial charge in [0.1, 0.15) is 23.1 Å². The van der Waals surface area contributed by atoms with Crippen molar-refractivity contribution >= 4 is 5.91 Å². The Balaban J connectivity index is 2.03. The van der Waals surface area contributed by atoms with Crippen molar-refractivity contribution in [3.63, 3.8) is 0 Å². The second-order valence-corrected chi connectivity index (χ2v) is 10.8. The lowest BCUT2D eigenvalue weighted by Crippen LogP contribution is -2.49. The summed E-state index contributed by atoms with van der Waals surface area (Å²) in [5.41, 5.74) is -5.23. The van der Waals surface area contributed by atoms with E-state index < -0.39 is 88.3 Å². The fourth-order valence-corrected chi connectivity index (χ4v) is 4.81. The number of rotatable bonds is 11. The molecule has 0 aliphatic carbocycles. The number of carbonyl (C=O) groups is 1. The normalized spacial score (nSPS) is 13.4. The van der Waals surface area contributed by atoms with Gasteiger partial charge in [0.05, 0.1) is 17.2 Å². The van der Waals surface area contributed by atoms with E-state index >= 15 is 4.39 Å². The highest BCUT2D eigenvalue weighted by molar-refractivity contribution is 5.95. The molecule has 4 rings (SSSR count). The molecule has 0 unspecified atom stereocenters. The molecule has 48 heavy (non-hydrogen) atoms. The van der Waals surface area contributed by atoms with Crippen molar-refractivity contribution in [1.29, 1.82) is 0 Å². The SMILES string of the molecule is CC(C)Oc1cc([C@](Cc2ccc(O)cc2)(NC(=O)c2ccc(F)c(C(F)(F)F)c2)c2cc(F)cc(OC(F)(F)C(F)F)c2)ccc1F. The number of halogens is 10. The highest BCUT2D eigenvalue weighted by Crippen LogP contribution is 2.40. The number of hydrogen-bond acceptors (Lipinski definition) is 4. The molecule has 0 radical (unpaired) electrons. The Labute approximate surface area is 266 Å². The van der Waals surface area contributed by atoms with Crippen molar-refractivity contribution in [3.05, 3.63) is 124 Å². The maximum absolute atomic E-state index is 15.1. The number of phenols is 1. The summed E-state index contributed by atoms with van der Waals surface area (Å²) in [6.45, 7) is 3.09. The number of amides is 1. The zero-order valence-electron chi connectivity index (χ0n) is 24.8. The smallest absolute Gasteiger partial charge is 0.461 e. The molecule has 0 aliphatic rings. The van der Waals surface area contributed by atoms with Crippen molar-refractivity contribution in [2.45, 2.75) is 50.6 Å². The number of ether oxygens (including phenoxy) is 2. The van der Waals surface area contributed by atoms with E-state index in [1.807, 2.05) is 0 Å². The molecular weight excluding hydrogens is 664 g/mol. The molecule has 0 heterocycles. The molecule has 4 aromatic rings. The molecule has 0 fully saturated rings. The van der Waals surface area contributed by atoms with Gasteiger partial charge in [0, 0.05) is 18.1 Å². The summed E-state index contributed by atoms with van der Waals surface area (Å²) in [4.78, 5) is 13.8. The molecule has 0 spiro atoms. The second-order valence-electron chi connectivity index (χ2n) is 10.8. The van der Waals surface area contributed by atoms with Crippen LogP contribution >= 0.6 is 0 Å². The summed E-state index contributed by atoms with van der Waals surface area (Å²) in [5.74, 6) is -7.05. The lowest BCUT2D eigenvalue weighted by molar-refractivity contribution is -0.253. The summed E-state index contributed by atoms with van der Waals surface area (Å²) in [7, 11) is 0. The molecule has 1 atom stereocenters. The van der Waals surface area contributed by atoms with Crippen LogP contribution in [0.1, 0.15) is 46.5 Å². The van der Waals surface area contributed by atoms with E-state index in [2.05, 4.69) is 10.1 Å². The first-order valence-electron chi connectivity index (χ1n) is 13.9. The van der Waals surface area contributed by atoms with E-state index in [1.54, 1.807) is 13.8 Å². The predicted molar refractivity (Wildman–Crippen MR) is 152 cm³/mol. The number of hydrogen-bond donors (Lipinski definition) is 2. The minimum Gasteiger partial charge on any atom is -0.508 e. The first-order chi connectivity index (χ1) is 22.3. The highest BCUT2D eigenvalue weighted by Gasteiger charge is 2.45. The third-order valence-corrected chi connectivity index (χ3v) is 6.93. The van der Waals surface area contributed by atoms with Crippen LogP contribution in [0.2, 0.25) is 0 Å². The number of benzene rings is 4. The molecule has 15 heteroatoms. The van der Waals surface area contributed by atoms with Crippen LogP contribution in [0, 0.1) is 17.5 Å². The third-order valence-electron chi connectivity index (χ3n) is 6.93. The number of phenolic OH excluding ortho intramolecular Hbond substituents is 1. The van der Waals surface area contributed by atoms with Gasteiger partial charge in [-0.2, -0.15) is 30.7 Å². The predicted octanol–water partition coefficient (Wildman–Crippen LogP) is 8.77. The summed E-state index contributed by atoms with van der Waals surface area (Å²) in [6.07, 6.45) is -15.8. The Morgan fingerprint density at radius 3 is 2.06 bits per heavy atom. The van der Waals surface area contributed by atoms with Gasteiger partial charge in [-0.1, -0.05) is 18.2 Å². The molecule has 4 aromatic carbocycles. The molecule has 1 amide bonds. The van der Waals surface area contributed by atoms with Crippen LogP contribution in [0.15, 0.2) is 78.9 Å². The zero-order chi connectivity index (χ0) is 35.6. The lowest BCUT2D eigenvalue weighted by atomic mass is 9.77. The van der Waals surface area contributed by atoms with Crippen LogP contribution in [-0.4, -0.2) is 29.7 Å². The minimum absolute atomic E-state index is 0.156. The van der Waals surface area contributed by atoms with E-state index in [0.717, 1.165) is 18.2 Å². The summed E-state index contributed by atoms with van der Waals surface area (Å²) < 4.78 is 148. The van der Waals surface area contributed by atoms with Crippen molar-refractivity contribution in [2.75, 3.05) is 0 Å². The van der Waals surface area contributed by atoms with E-state index in [-0.39, 0.29) is 22.9 Å². The van der Waals surface area contributed by atoms with Crippen LogP contribution in [0.4, 0.5) is 43.9 Å². The monoisotopic (exact) mass is 689 g/mol. The number of alkyl halides is 7. The number of carbonyl (C=O) groups excluding carboxylic acids is 1. The molecule has 256 valence electrons. The lowest BCUT2D eigenvalue weighted by Gasteiger charge is -2.37. The van der Waals surface area contributed by atoms with Gasteiger partial charge < -0.3 is 19.9 Å². The molecule has 0 bridgehead atoms. The molecule has 0 saturated heterocycles. The maximum atomic E-state index is 15.1. The Morgan fingerprint density at radius 1 is 0.812 bits per heavy atom. The van der Waals surface area contributed by atoms with Crippen LogP contribution in [0.3, 0.4) is 0 Å². The third kappa shape index (κ3) is 8.12. The van der Waals surface area contributed by atoms with Gasteiger partial charge in [0.15, 0.2) is 11.6 Å². The Kier molecular flexibility index (Phi) is 10.2. The van der Waals surface area contributed by atoms with Crippen LogP contribution in [0.25, 0.3) is 0 Å². The maximum Gasteiger partial charge on any atom is 0.461 e. The molecular formula is C33H25F10NO4. The van der Waals surface area contributed by atoms with Gasteiger partial charge in [0.25, 0.3) is 5.91 Å². The average Bonchev–Trinajstić information content (AvgIpc) is 2.97. The highest BCUT2D eigenvalue weighted by atomic mass is 19.4. The van der Waals surface area contributed by atoms with Crippen molar-refractivity contribution in [3.8, 4) is 17.2 Å². The van der Waals surface area contributed by atoms with Crippen LogP contribution < -0.4 is 14.8 Å². The van der Waals surface area contributed by atoms with Crippen LogP contribution in [-0.2, 0) is 18.1 Å². The topological polar surface area (TPSA) is 67.8 Å². The molecule has 0 aliphatic heterocycles. The van der Waals surface area contributed by atoms with E-state index in [9.17, 15) is 49.4 Å². The van der Waals surface area contributed by atoms with Gasteiger partial charge in [-0.3, -0.25) is 4.79 Å². The number of aromatic hydroxyl groups is 1. The van der Waals surface area contributed by atoms with Crippen molar-refractivity contribution in [1.82, 2.24) is 5.32 Å². The molecule has 0 aromatic heterocycles. The van der Waals surface area contributed by atoms with E-state index in [1.165, 1.54) is 24.3 Å². The molecule has 5 nitrogen and oxygen atoms in total. The van der Waals surface area contributed by atoms with Crippen molar-refractivity contribution < 1.29 is 63.3 Å². The van der Waals surface area contributed by atoms with Gasteiger partial charge in [0.2, 0.25) is 0 Å². The Morgan fingerprint density at radius 2 is 1.46 bits per heavy atom. The largest absolute Gasteiger partial charge is 0.508 e. The van der Waals surface area contributed by atoms with Crippen LogP contribution in [0.5, 0.6) is 17.2 Å². The first-order valence-corrected chi connectivity index (χ1v) is 13.9. The van der Waals surface area contributed by atoms with Gasteiger partial charge in [-0.15, -0.1) is 0 Å². The second kappa shape index (κ2) is 13.6. The Bertz CT molecular complexity index is 1780. The standard InChI is InChI=1S/C33H25F10NO4/c1-17(2)47-28-14-20(6-10-27(28)36)31(16-18-3-7-23(45)8-4-18,21-12-22(34)15-24(13-21)48-33(42,43)30(37)38)44-29(46)19-5-9-26(35)25(11-19)32(39,40)41/h3-15,17,30,45H,16H2,1-2H3,(H,44,46)/t31-/m0/s1. The van der Waals surface area contributed by atoms with E-state index in [4.69, 9.17) is 4.74 Å².